The van der Waals surface area contributed by atoms with E-state index in [2.05, 4.69) is 33.9 Å². The second kappa shape index (κ2) is 6.75. The summed E-state index contributed by atoms with van der Waals surface area (Å²) < 4.78 is 6.12. The molecule has 0 saturated heterocycles. The van der Waals surface area contributed by atoms with E-state index in [1.807, 2.05) is 24.3 Å². The molecule has 0 spiro atoms. The normalized spacial score (nSPS) is 16.0. The zero-order valence-electron chi connectivity index (χ0n) is 13.2. The molecule has 1 N–H and O–H groups in total. The largest absolute Gasteiger partial charge is 0.412 e. The van der Waals surface area contributed by atoms with Crippen molar-refractivity contribution in [2.75, 3.05) is 0 Å². The molecule has 2 radical (unpaired) electrons. The molecule has 0 saturated carbocycles. The van der Waals surface area contributed by atoms with E-state index >= 15 is 0 Å². The van der Waals surface area contributed by atoms with Crippen molar-refractivity contribution in [2.45, 2.75) is 58.0 Å². The Kier molecular flexibility index (Phi) is 6.05. The van der Waals surface area contributed by atoms with Gasteiger partial charge in [-0.15, -0.1) is 0 Å². The molecule has 1 aromatic carbocycles. The third kappa shape index (κ3) is 4.43. The second-order valence-corrected chi connectivity index (χ2v) is 16.7. The van der Waals surface area contributed by atoms with Crippen LogP contribution in [0.2, 0.25) is 23.2 Å². The van der Waals surface area contributed by atoms with Gasteiger partial charge in [-0.05, 0) is 18.0 Å². The second-order valence-electron chi connectivity index (χ2n) is 6.78. The molecular weight excluding hydrogens is 304 g/mol. The van der Waals surface area contributed by atoms with E-state index in [4.69, 9.17) is 16.0 Å². The lowest BCUT2D eigenvalue weighted by molar-refractivity contribution is 0.0523. The van der Waals surface area contributed by atoms with E-state index in [1.54, 1.807) is 6.92 Å². The fourth-order valence-electron chi connectivity index (χ4n) is 1.49. The lowest BCUT2D eigenvalue weighted by atomic mass is 10.1. The number of rotatable bonds is 5. The van der Waals surface area contributed by atoms with Gasteiger partial charge in [-0.2, -0.15) is 0 Å². The van der Waals surface area contributed by atoms with Gasteiger partial charge in [0.15, 0.2) is 0 Å². The molecule has 1 rings (SSSR count). The maximum atomic E-state index is 10.0. The van der Waals surface area contributed by atoms with Crippen LogP contribution < -0.4 is 0 Å². The standard InChI is InChI=1S/C15H25ClO2Si2/c1-11(17)14(12-9-7-8-10-13(12)16)18-19-20(5,6)15(2,3)4/h7-11,14,17H,1-6H3. The van der Waals surface area contributed by atoms with Gasteiger partial charge in [-0.1, -0.05) is 63.7 Å². The highest BCUT2D eigenvalue weighted by Gasteiger charge is 2.38. The molecule has 0 aromatic heterocycles. The van der Waals surface area contributed by atoms with E-state index in [0.29, 0.717) is 14.3 Å². The average Bonchev–Trinajstić information content (AvgIpc) is 2.29. The predicted molar refractivity (Wildman–Crippen MR) is 89.9 cm³/mol. The van der Waals surface area contributed by atoms with Gasteiger partial charge in [-0.25, -0.2) is 0 Å². The van der Waals surface area contributed by atoms with Crippen LogP contribution in [-0.4, -0.2) is 28.1 Å². The fraction of sp³-hybridized carbons (Fsp3) is 0.600. The van der Waals surface area contributed by atoms with Crippen LogP contribution in [0.1, 0.15) is 39.4 Å². The Bertz CT molecular complexity index is 442. The van der Waals surface area contributed by atoms with Crippen molar-refractivity contribution in [1.29, 1.82) is 0 Å². The number of aliphatic hydroxyl groups excluding tert-OH is 1. The number of benzene rings is 1. The van der Waals surface area contributed by atoms with Crippen molar-refractivity contribution in [2.24, 2.45) is 0 Å². The van der Waals surface area contributed by atoms with Gasteiger partial charge in [-0.3, -0.25) is 0 Å². The van der Waals surface area contributed by atoms with Crippen molar-refractivity contribution in [3.8, 4) is 0 Å². The van der Waals surface area contributed by atoms with Gasteiger partial charge >= 0.3 is 0 Å². The van der Waals surface area contributed by atoms with E-state index in [9.17, 15) is 5.11 Å². The van der Waals surface area contributed by atoms with Crippen molar-refractivity contribution in [3.63, 3.8) is 0 Å². The highest BCUT2D eigenvalue weighted by atomic mass is 35.5. The first-order chi connectivity index (χ1) is 9.06. The lowest BCUT2D eigenvalue weighted by Gasteiger charge is -2.37. The van der Waals surface area contributed by atoms with Gasteiger partial charge < -0.3 is 9.53 Å². The van der Waals surface area contributed by atoms with Crippen molar-refractivity contribution < 1.29 is 9.53 Å². The first-order valence-electron chi connectivity index (χ1n) is 6.91. The molecular formula is C15H25ClO2Si2. The monoisotopic (exact) mass is 328 g/mol. The predicted octanol–water partition coefficient (Wildman–Crippen LogP) is 4.40. The molecule has 112 valence electrons. The van der Waals surface area contributed by atoms with Crippen LogP contribution in [0.3, 0.4) is 0 Å². The van der Waals surface area contributed by atoms with Gasteiger partial charge in [0.05, 0.1) is 19.8 Å². The van der Waals surface area contributed by atoms with Crippen LogP contribution in [0.4, 0.5) is 0 Å². The Morgan fingerprint density at radius 3 is 2.25 bits per heavy atom. The lowest BCUT2D eigenvalue weighted by Crippen LogP contribution is -2.46. The Morgan fingerprint density at radius 1 is 1.25 bits per heavy atom. The van der Waals surface area contributed by atoms with Crippen molar-refractivity contribution in [1.82, 2.24) is 0 Å². The van der Waals surface area contributed by atoms with Crippen LogP contribution in [0.5, 0.6) is 0 Å². The number of halogens is 1. The minimum absolute atomic E-state index is 0.273. The maximum Gasteiger partial charge on any atom is 0.213 e. The highest BCUT2D eigenvalue weighted by molar-refractivity contribution is 7.22. The Balaban J connectivity index is 2.88. The Hall–Kier alpha value is -0.136. The fourth-order valence-corrected chi connectivity index (χ4v) is 4.97. The Labute approximate surface area is 131 Å². The number of hydrogen-bond donors (Lipinski definition) is 1. The van der Waals surface area contributed by atoms with Gasteiger partial charge in [0, 0.05) is 10.6 Å². The topological polar surface area (TPSA) is 29.5 Å². The summed E-state index contributed by atoms with van der Waals surface area (Å²) in [6.45, 7) is 13.2. The Morgan fingerprint density at radius 2 is 1.80 bits per heavy atom. The van der Waals surface area contributed by atoms with Crippen LogP contribution in [0.25, 0.3) is 0 Å². The van der Waals surface area contributed by atoms with Crippen LogP contribution in [0, 0.1) is 0 Å². The third-order valence-corrected chi connectivity index (χ3v) is 13.1. The molecule has 0 aliphatic rings. The highest BCUT2D eigenvalue weighted by Crippen LogP contribution is 2.36. The van der Waals surface area contributed by atoms with E-state index in [1.165, 1.54) is 0 Å². The first-order valence-corrected chi connectivity index (χ1v) is 12.2. The summed E-state index contributed by atoms with van der Waals surface area (Å²) in [5.74, 6) is 0. The SMILES string of the molecule is CC(O)C(O[Si][Si](C)(C)C(C)(C)C)c1ccccc1Cl. The molecule has 2 unspecified atom stereocenters. The molecule has 0 aliphatic heterocycles. The van der Waals surface area contributed by atoms with E-state index in [-0.39, 0.29) is 11.1 Å². The molecule has 5 heteroatoms. The molecule has 20 heavy (non-hydrogen) atoms. The molecule has 0 amide bonds. The molecule has 0 aliphatic carbocycles. The summed E-state index contributed by atoms with van der Waals surface area (Å²) >= 11 is 6.23. The maximum absolute atomic E-state index is 10.0. The van der Waals surface area contributed by atoms with E-state index < -0.39 is 13.7 Å². The van der Waals surface area contributed by atoms with Gasteiger partial charge in [0.1, 0.15) is 0 Å². The van der Waals surface area contributed by atoms with Gasteiger partial charge in [0.2, 0.25) is 9.28 Å². The summed E-state index contributed by atoms with van der Waals surface area (Å²) in [6.07, 6.45) is -0.927. The van der Waals surface area contributed by atoms with Crippen molar-refractivity contribution in [3.05, 3.63) is 34.9 Å². The van der Waals surface area contributed by atoms with Crippen LogP contribution in [-0.2, 0) is 4.43 Å². The third-order valence-electron chi connectivity index (χ3n) is 3.97. The van der Waals surface area contributed by atoms with Crippen LogP contribution >= 0.6 is 11.6 Å². The number of hydrogen-bond acceptors (Lipinski definition) is 2. The molecule has 0 bridgehead atoms. The van der Waals surface area contributed by atoms with Gasteiger partial charge in [0.25, 0.3) is 0 Å². The summed E-state index contributed by atoms with van der Waals surface area (Å²) in [5, 5.41) is 11.0. The first kappa shape index (κ1) is 17.9. The van der Waals surface area contributed by atoms with E-state index in [0.717, 1.165) is 5.56 Å². The summed E-state index contributed by atoms with van der Waals surface area (Å²) in [4.78, 5) is 0. The molecule has 1 aromatic rings. The molecule has 2 nitrogen and oxygen atoms in total. The zero-order valence-corrected chi connectivity index (χ0v) is 16.0. The summed E-state index contributed by atoms with van der Waals surface area (Å²) in [5.41, 5.74) is 0.871. The smallest absolute Gasteiger partial charge is 0.213 e. The molecule has 2 atom stereocenters. The average molecular weight is 329 g/mol. The molecule has 0 fully saturated rings. The minimum atomic E-state index is -1.51. The summed E-state index contributed by atoms with van der Waals surface area (Å²) in [7, 11) is -1.09. The quantitative estimate of drug-likeness (QED) is 0.812. The van der Waals surface area contributed by atoms with Crippen LogP contribution in [0.15, 0.2) is 24.3 Å². The minimum Gasteiger partial charge on any atom is -0.412 e. The zero-order chi connectivity index (χ0) is 15.6. The van der Waals surface area contributed by atoms with Crippen molar-refractivity contribution >= 4 is 28.5 Å². The summed E-state index contributed by atoms with van der Waals surface area (Å²) in [6, 6.07) is 7.58. The molecule has 0 heterocycles. The number of aliphatic hydroxyl groups is 1.